The number of nitrogens with one attached hydrogen (secondary N) is 2. The highest BCUT2D eigenvalue weighted by Gasteiger charge is 2.13. The molecule has 144 valence electrons. The number of nitrogens with zero attached hydrogens (tertiary/aromatic N) is 3. The van der Waals surface area contributed by atoms with Gasteiger partial charge in [0.25, 0.3) is 5.56 Å². The van der Waals surface area contributed by atoms with Crippen LogP contribution in [0.1, 0.15) is 31.9 Å². The maximum absolute atomic E-state index is 12.3. The third-order valence-electron chi connectivity index (χ3n) is 4.25. The lowest BCUT2D eigenvalue weighted by molar-refractivity contribution is 0.741. The molecule has 0 bridgehead atoms. The van der Waals surface area contributed by atoms with Gasteiger partial charge in [0.2, 0.25) is 0 Å². The van der Waals surface area contributed by atoms with E-state index in [2.05, 4.69) is 40.7 Å². The molecule has 0 radical (unpaired) electrons. The molecule has 0 saturated heterocycles. The Morgan fingerprint density at radius 2 is 1.89 bits per heavy atom. The predicted octanol–water partition coefficient (Wildman–Crippen LogP) is 2.35. The monoisotopic (exact) mass is 387 g/mol. The Morgan fingerprint density at radius 3 is 2.56 bits per heavy atom. The topological polar surface area (TPSA) is 84.7 Å². The lowest BCUT2D eigenvalue weighted by Gasteiger charge is -2.09. The highest BCUT2D eigenvalue weighted by atomic mass is 32.2. The maximum Gasteiger partial charge on any atom is 0.330 e. The molecule has 2 heterocycles. The number of aryl methyl sites for hydroxylation is 1. The summed E-state index contributed by atoms with van der Waals surface area (Å²) in [7, 11) is 0. The van der Waals surface area contributed by atoms with Crippen molar-refractivity contribution in [1.82, 2.24) is 23.8 Å². The molecule has 27 heavy (non-hydrogen) atoms. The lowest BCUT2D eigenvalue weighted by atomic mass is 10.1. The quantitative estimate of drug-likeness (QED) is 0.458. The summed E-state index contributed by atoms with van der Waals surface area (Å²) in [6.45, 7) is 8.10. The van der Waals surface area contributed by atoms with Crippen molar-refractivity contribution >= 4 is 23.1 Å². The van der Waals surface area contributed by atoms with Crippen LogP contribution in [0.4, 0.5) is 0 Å². The van der Waals surface area contributed by atoms with Crippen molar-refractivity contribution < 1.29 is 0 Å². The van der Waals surface area contributed by atoms with Crippen LogP contribution in [0.2, 0.25) is 0 Å². The van der Waals surface area contributed by atoms with Gasteiger partial charge in [-0.05, 0) is 24.0 Å². The number of imidazole rings is 1. The summed E-state index contributed by atoms with van der Waals surface area (Å²) in [5.74, 6) is 1.74. The van der Waals surface area contributed by atoms with Gasteiger partial charge < -0.3 is 4.57 Å². The molecular formula is C19H25N5O2S. The number of aromatic nitrogens is 4. The predicted molar refractivity (Wildman–Crippen MR) is 110 cm³/mol. The van der Waals surface area contributed by atoms with E-state index in [-0.39, 0.29) is 0 Å². The summed E-state index contributed by atoms with van der Waals surface area (Å²) in [4.78, 5) is 31.1. The van der Waals surface area contributed by atoms with Crippen LogP contribution >= 0.6 is 11.9 Å². The van der Waals surface area contributed by atoms with Crippen molar-refractivity contribution in [2.24, 2.45) is 5.92 Å². The molecule has 2 aromatic heterocycles. The van der Waals surface area contributed by atoms with E-state index in [4.69, 9.17) is 0 Å². The average Bonchev–Trinajstić information content (AvgIpc) is 3.08. The molecule has 0 aliphatic rings. The van der Waals surface area contributed by atoms with Crippen LogP contribution in [0.15, 0.2) is 40.2 Å². The van der Waals surface area contributed by atoms with Gasteiger partial charge in [0.1, 0.15) is 0 Å². The van der Waals surface area contributed by atoms with E-state index in [1.54, 1.807) is 22.8 Å². The summed E-state index contributed by atoms with van der Waals surface area (Å²) in [5, 5.41) is 0. The van der Waals surface area contributed by atoms with Crippen LogP contribution < -0.4 is 16.0 Å². The maximum atomic E-state index is 12.3. The van der Waals surface area contributed by atoms with E-state index in [0.29, 0.717) is 30.2 Å². The first-order valence-electron chi connectivity index (χ1n) is 9.10. The molecule has 2 N–H and O–H groups in total. The number of fused-ring (bicyclic) bond motifs is 1. The molecule has 0 saturated carbocycles. The fraction of sp³-hybridized carbons (Fsp3) is 0.421. The average molecular weight is 388 g/mol. The highest BCUT2D eigenvalue weighted by molar-refractivity contribution is 7.97. The fourth-order valence-electron chi connectivity index (χ4n) is 2.81. The van der Waals surface area contributed by atoms with E-state index in [9.17, 15) is 9.59 Å². The Morgan fingerprint density at radius 1 is 1.19 bits per heavy atom. The molecule has 3 rings (SSSR count). The molecule has 7 nitrogen and oxygen atoms in total. The summed E-state index contributed by atoms with van der Waals surface area (Å²) < 4.78 is 6.61. The standard InChI is InChI=1S/C19H25N5O2S/c1-4-23-12-20-17-16(23)18(25)22-19(26)24(17)10-15-7-5-14(6-8-15)9-21-27-11-13(2)3/h5-8,12-13,21H,4,9-11H2,1-3H3,(H,22,25,26). The van der Waals surface area contributed by atoms with E-state index in [1.165, 1.54) is 10.1 Å². The van der Waals surface area contributed by atoms with Gasteiger partial charge in [-0.1, -0.05) is 50.1 Å². The minimum absolute atomic E-state index is 0.364. The van der Waals surface area contributed by atoms with Crippen LogP contribution in [0.25, 0.3) is 11.2 Å². The Balaban J connectivity index is 1.77. The van der Waals surface area contributed by atoms with E-state index in [1.807, 2.05) is 19.1 Å². The zero-order chi connectivity index (χ0) is 19.4. The van der Waals surface area contributed by atoms with Gasteiger partial charge in [-0.25, -0.2) is 9.78 Å². The summed E-state index contributed by atoms with van der Waals surface area (Å²) in [6.07, 6.45) is 1.60. The number of hydrogen-bond donors (Lipinski definition) is 2. The number of benzene rings is 1. The Labute approximate surface area is 162 Å². The van der Waals surface area contributed by atoms with Gasteiger partial charge in [0, 0.05) is 18.8 Å². The Bertz CT molecular complexity index is 1020. The first-order valence-corrected chi connectivity index (χ1v) is 10.1. The van der Waals surface area contributed by atoms with Crippen molar-refractivity contribution in [2.45, 2.75) is 40.4 Å². The van der Waals surface area contributed by atoms with Crippen LogP contribution in [0.3, 0.4) is 0 Å². The second-order valence-corrected chi connectivity index (χ2v) is 7.80. The van der Waals surface area contributed by atoms with Crippen LogP contribution in [-0.2, 0) is 19.6 Å². The third-order valence-corrected chi connectivity index (χ3v) is 5.44. The minimum atomic E-state index is -0.440. The Hall–Kier alpha value is -2.32. The van der Waals surface area contributed by atoms with Gasteiger partial charge in [-0.2, -0.15) is 0 Å². The zero-order valence-corrected chi connectivity index (χ0v) is 16.7. The van der Waals surface area contributed by atoms with Crippen molar-refractivity contribution in [3.05, 3.63) is 62.6 Å². The van der Waals surface area contributed by atoms with Crippen LogP contribution in [0.5, 0.6) is 0 Å². The largest absolute Gasteiger partial charge is 0.330 e. The molecule has 1 aromatic carbocycles. The summed E-state index contributed by atoms with van der Waals surface area (Å²) >= 11 is 1.73. The molecule has 3 aromatic rings. The van der Waals surface area contributed by atoms with Gasteiger partial charge in [-0.15, -0.1) is 0 Å². The fourth-order valence-corrected chi connectivity index (χ4v) is 3.53. The molecule has 0 atom stereocenters. The Kier molecular flexibility index (Phi) is 6.18. The number of H-pyrrole nitrogens is 1. The summed E-state index contributed by atoms with van der Waals surface area (Å²) in [5.41, 5.74) is 2.18. The van der Waals surface area contributed by atoms with Crippen LogP contribution in [0, 0.1) is 5.92 Å². The number of rotatable bonds is 8. The number of aromatic amines is 1. The third kappa shape index (κ3) is 4.51. The highest BCUT2D eigenvalue weighted by Crippen LogP contribution is 2.11. The van der Waals surface area contributed by atoms with Gasteiger partial charge >= 0.3 is 5.69 Å². The summed E-state index contributed by atoms with van der Waals surface area (Å²) in [6, 6.07) is 8.11. The van der Waals surface area contributed by atoms with Crippen molar-refractivity contribution in [3.63, 3.8) is 0 Å². The molecule has 0 aliphatic heterocycles. The molecule has 0 spiro atoms. The first kappa shape index (κ1) is 19.4. The normalized spacial score (nSPS) is 11.6. The zero-order valence-electron chi connectivity index (χ0n) is 15.9. The van der Waals surface area contributed by atoms with E-state index < -0.39 is 11.2 Å². The van der Waals surface area contributed by atoms with Crippen molar-refractivity contribution in [3.8, 4) is 0 Å². The molecule has 0 fully saturated rings. The molecule has 0 amide bonds. The molecule has 0 unspecified atom stereocenters. The second-order valence-electron chi connectivity index (χ2n) is 6.89. The second kappa shape index (κ2) is 8.58. The van der Waals surface area contributed by atoms with Gasteiger partial charge in [0.05, 0.1) is 12.9 Å². The first-order chi connectivity index (χ1) is 13.0. The lowest BCUT2D eigenvalue weighted by Crippen LogP contribution is -2.31. The number of hydrogen-bond acceptors (Lipinski definition) is 5. The van der Waals surface area contributed by atoms with Crippen molar-refractivity contribution in [2.75, 3.05) is 5.75 Å². The SMILES string of the molecule is CCn1cnc2c1c(=O)[nH]c(=O)n2Cc1ccc(CNSCC(C)C)cc1. The van der Waals surface area contributed by atoms with Crippen LogP contribution in [-0.4, -0.2) is 24.9 Å². The van der Waals surface area contributed by atoms with Gasteiger partial charge in [-0.3, -0.25) is 19.1 Å². The van der Waals surface area contributed by atoms with E-state index in [0.717, 1.165) is 17.9 Å². The van der Waals surface area contributed by atoms with Gasteiger partial charge in [0.15, 0.2) is 11.2 Å². The van der Waals surface area contributed by atoms with E-state index >= 15 is 0 Å². The smallest absolute Gasteiger partial charge is 0.325 e. The van der Waals surface area contributed by atoms with Crippen molar-refractivity contribution in [1.29, 1.82) is 0 Å². The minimum Gasteiger partial charge on any atom is -0.325 e. The molecule has 8 heteroatoms. The molecule has 0 aliphatic carbocycles. The molecular weight excluding hydrogens is 362 g/mol.